The van der Waals surface area contributed by atoms with Crippen molar-refractivity contribution in [1.82, 2.24) is 19.4 Å². The van der Waals surface area contributed by atoms with Crippen LogP contribution in [0, 0.1) is 19.7 Å². The van der Waals surface area contributed by atoms with Crippen molar-refractivity contribution in [3.63, 3.8) is 0 Å². The van der Waals surface area contributed by atoms with Crippen LogP contribution in [0.5, 0.6) is 0 Å². The molecule has 3 aromatic heterocycles. The number of aromatic nitrogens is 4. The molecule has 0 atom stereocenters. The zero-order valence-corrected chi connectivity index (χ0v) is 21.1. The number of nitrogens with zero attached hydrogens (tertiary/aromatic N) is 4. The lowest BCUT2D eigenvalue weighted by molar-refractivity contribution is -0.100. The van der Waals surface area contributed by atoms with Crippen LogP contribution in [0.4, 0.5) is 10.1 Å². The number of carbonyl (C=O) groups excluding carboxylic acids is 1. The van der Waals surface area contributed by atoms with Crippen LogP contribution >= 0.6 is 0 Å². The molecule has 1 aromatic carbocycles. The van der Waals surface area contributed by atoms with Gasteiger partial charge in [-0.2, -0.15) is 0 Å². The summed E-state index contributed by atoms with van der Waals surface area (Å²) >= 11 is 0. The lowest BCUT2D eigenvalue weighted by Gasteiger charge is -2.40. The summed E-state index contributed by atoms with van der Waals surface area (Å²) in [6.45, 7) is 11.6. The van der Waals surface area contributed by atoms with E-state index >= 15 is 0 Å². The Morgan fingerprint density at radius 3 is 2.61 bits per heavy atom. The lowest BCUT2D eigenvalue weighted by Crippen LogP contribution is -2.39. The number of aryl methyl sites for hydroxylation is 2. The Morgan fingerprint density at radius 1 is 1.14 bits per heavy atom. The molecular weight excluding hydrogens is 461 g/mol. The monoisotopic (exact) mass is 489 g/mol. The normalized spacial score (nSPS) is 16.7. The van der Waals surface area contributed by atoms with Crippen molar-refractivity contribution >= 4 is 22.9 Å². The van der Waals surface area contributed by atoms with E-state index in [1.807, 2.05) is 20.0 Å². The van der Waals surface area contributed by atoms with Gasteiger partial charge in [0, 0.05) is 48.7 Å². The molecule has 9 heteroatoms. The predicted molar refractivity (Wildman–Crippen MR) is 134 cm³/mol. The number of hydrogen-bond donors (Lipinski definition) is 1. The molecular formula is C27H28FN5O3. The quantitative estimate of drug-likeness (QED) is 0.392. The topological polar surface area (TPSA) is 94.6 Å². The van der Waals surface area contributed by atoms with E-state index < -0.39 is 17.3 Å². The summed E-state index contributed by atoms with van der Waals surface area (Å²) in [5, 5.41) is 2.74. The first-order valence-electron chi connectivity index (χ1n) is 11.7. The second kappa shape index (κ2) is 8.37. The molecule has 0 saturated heterocycles. The van der Waals surface area contributed by atoms with Crippen molar-refractivity contribution in [2.24, 2.45) is 0 Å². The summed E-state index contributed by atoms with van der Waals surface area (Å²) in [5.41, 5.74) is 2.93. The molecule has 8 nitrogen and oxygen atoms in total. The molecule has 5 rings (SSSR count). The molecule has 0 radical (unpaired) electrons. The number of oxazole rings is 1. The molecule has 36 heavy (non-hydrogen) atoms. The zero-order chi connectivity index (χ0) is 25.8. The minimum Gasteiger partial charge on any atom is -0.436 e. The van der Waals surface area contributed by atoms with E-state index in [1.165, 1.54) is 12.1 Å². The van der Waals surface area contributed by atoms with E-state index in [0.717, 1.165) is 17.6 Å². The first kappa shape index (κ1) is 23.9. The smallest absolute Gasteiger partial charge is 0.293 e. The number of benzene rings is 1. The molecule has 1 aliphatic rings. The van der Waals surface area contributed by atoms with Crippen LogP contribution in [0.3, 0.4) is 0 Å². The summed E-state index contributed by atoms with van der Waals surface area (Å²) in [7, 11) is 0. The summed E-state index contributed by atoms with van der Waals surface area (Å²) in [5.74, 6) is 0.0531. The lowest BCUT2D eigenvalue weighted by atomic mass is 9.87. The third-order valence-electron chi connectivity index (χ3n) is 5.97. The molecule has 0 fully saturated rings. The Bertz CT molecular complexity index is 1530. The molecule has 0 unspecified atom stereocenters. The minimum absolute atomic E-state index is 0.122. The molecule has 0 saturated carbocycles. The second-order valence-electron chi connectivity index (χ2n) is 10.3. The maximum atomic E-state index is 14.8. The third-order valence-corrected chi connectivity index (χ3v) is 5.97. The molecule has 0 spiro atoms. The van der Waals surface area contributed by atoms with E-state index in [4.69, 9.17) is 9.15 Å². The third kappa shape index (κ3) is 4.66. The molecule has 186 valence electrons. The molecule has 1 amide bonds. The SMILES string of the molecule is Cc1nc(C)c(C(=O)Nc2ccc(F)c(-c3cn4cc(C5=CC(C)(C)OC(C)(C)C5)cnc4n3)c2)o1. The van der Waals surface area contributed by atoms with Gasteiger partial charge in [0.1, 0.15) is 5.82 Å². The van der Waals surface area contributed by atoms with Crippen LogP contribution in [0.15, 0.2) is 47.3 Å². The van der Waals surface area contributed by atoms with Gasteiger partial charge in [0.2, 0.25) is 11.5 Å². The van der Waals surface area contributed by atoms with Crippen LogP contribution in [0.2, 0.25) is 0 Å². The standard InChI is InChI=1S/C27H28FN5O3/c1-15-23(35-16(2)30-15)24(34)31-19-7-8-21(28)20(9-19)22-14-33-13-18(12-29-25(33)32-22)17-10-26(3,4)36-27(5,6)11-17/h7-10,12-14H,11H2,1-6H3,(H,31,34). The first-order valence-corrected chi connectivity index (χ1v) is 11.7. The highest BCUT2D eigenvalue weighted by Gasteiger charge is 2.34. The summed E-state index contributed by atoms with van der Waals surface area (Å²) in [6, 6.07) is 4.33. The number of rotatable bonds is 4. The fourth-order valence-electron chi connectivity index (χ4n) is 4.80. The maximum Gasteiger partial charge on any atom is 0.293 e. The molecule has 0 aliphatic carbocycles. The first-order chi connectivity index (χ1) is 16.9. The van der Waals surface area contributed by atoms with Crippen molar-refractivity contribution in [3.05, 3.63) is 71.6 Å². The number of halogens is 1. The van der Waals surface area contributed by atoms with Crippen molar-refractivity contribution in [2.45, 2.75) is 59.2 Å². The fraction of sp³-hybridized carbons (Fsp3) is 0.333. The van der Waals surface area contributed by atoms with E-state index in [1.54, 1.807) is 36.7 Å². The Labute approximate surface area is 208 Å². The fourth-order valence-corrected chi connectivity index (χ4v) is 4.80. The molecule has 4 aromatic rings. The summed E-state index contributed by atoms with van der Waals surface area (Å²) < 4.78 is 28.1. The zero-order valence-electron chi connectivity index (χ0n) is 21.1. The van der Waals surface area contributed by atoms with Gasteiger partial charge in [0.25, 0.3) is 5.91 Å². The van der Waals surface area contributed by atoms with Gasteiger partial charge in [0.05, 0.1) is 22.6 Å². The van der Waals surface area contributed by atoms with Crippen LogP contribution in [0.1, 0.15) is 61.8 Å². The predicted octanol–water partition coefficient (Wildman–Crippen LogP) is 5.75. The molecule has 1 N–H and O–H groups in total. The van der Waals surface area contributed by atoms with E-state index in [0.29, 0.717) is 28.7 Å². The van der Waals surface area contributed by atoms with Gasteiger partial charge in [-0.3, -0.25) is 9.20 Å². The highest BCUT2D eigenvalue weighted by Crippen LogP contribution is 2.38. The Balaban J connectivity index is 1.46. The van der Waals surface area contributed by atoms with Crippen molar-refractivity contribution < 1.29 is 18.3 Å². The largest absolute Gasteiger partial charge is 0.436 e. The van der Waals surface area contributed by atoms with Crippen LogP contribution < -0.4 is 5.32 Å². The van der Waals surface area contributed by atoms with Crippen LogP contribution in [-0.2, 0) is 4.74 Å². The second-order valence-corrected chi connectivity index (χ2v) is 10.3. The van der Waals surface area contributed by atoms with Crippen molar-refractivity contribution in [2.75, 3.05) is 5.32 Å². The number of hydrogen-bond acceptors (Lipinski definition) is 6. The van der Waals surface area contributed by atoms with E-state index in [9.17, 15) is 9.18 Å². The van der Waals surface area contributed by atoms with Crippen LogP contribution in [0.25, 0.3) is 22.6 Å². The minimum atomic E-state index is -0.459. The number of carbonyl (C=O) groups is 1. The Morgan fingerprint density at radius 2 is 1.92 bits per heavy atom. The summed E-state index contributed by atoms with van der Waals surface area (Å²) in [4.78, 5) is 25.8. The molecule has 4 heterocycles. The highest BCUT2D eigenvalue weighted by atomic mass is 19.1. The number of amides is 1. The van der Waals surface area contributed by atoms with Gasteiger partial charge in [-0.05, 0) is 64.5 Å². The van der Waals surface area contributed by atoms with Gasteiger partial charge in [-0.1, -0.05) is 0 Å². The molecule has 0 bridgehead atoms. The number of ether oxygens (including phenoxy) is 1. The highest BCUT2D eigenvalue weighted by molar-refractivity contribution is 6.03. The average molecular weight is 490 g/mol. The number of fused-ring (bicyclic) bond motifs is 1. The summed E-state index contributed by atoms with van der Waals surface area (Å²) in [6.07, 6.45) is 8.31. The Hall–Kier alpha value is -3.85. The van der Waals surface area contributed by atoms with Gasteiger partial charge < -0.3 is 14.5 Å². The van der Waals surface area contributed by atoms with E-state index in [2.05, 4.69) is 40.2 Å². The maximum absolute atomic E-state index is 14.8. The van der Waals surface area contributed by atoms with Gasteiger partial charge >= 0.3 is 0 Å². The average Bonchev–Trinajstić information content (AvgIpc) is 3.34. The number of nitrogens with one attached hydrogen (secondary N) is 1. The van der Waals surface area contributed by atoms with Gasteiger partial charge in [-0.15, -0.1) is 0 Å². The number of imidazole rings is 1. The van der Waals surface area contributed by atoms with Crippen molar-refractivity contribution in [3.8, 4) is 11.3 Å². The van der Waals surface area contributed by atoms with E-state index in [-0.39, 0.29) is 16.9 Å². The van der Waals surface area contributed by atoms with Crippen molar-refractivity contribution in [1.29, 1.82) is 0 Å². The molecule has 1 aliphatic heterocycles. The number of anilines is 1. The Kier molecular flexibility index (Phi) is 5.55. The van der Waals surface area contributed by atoms with Gasteiger partial charge in [-0.25, -0.2) is 19.3 Å². The van der Waals surface area contributed by atoms with Gasteiger partial charge in [0.15, 0.2) is 5.89 Å². The van der Waals surface area contributed by atoms with Crippen LogP contribution in [-0.4, -0.2) is 36.5 Å².